The van der Waals surface area contributed by atoms with Crippen molar-refractivity contribution >= 4 is 17.7 Å². The molecule has 0 bridgehead atoms. The second-order valence-corrected chi connectivity index (χ2v) is 6.52. The van der Waals surface area contributed by atoms with Crippen molar-refractivity contribution in [1.29, 1.82) is 0 Å². The quantitative estimate of drug-likeness (QED) is 0.651. The van der Waals surface area contributed by atoms with Gasteiger partial charge in [-0.2, -0.15) is 0 Å². The number of unbranched alkanes of at least 4 members (excludes halogenated alkanes) is 1. The maximum atomic E-state index is 12.4. The van der Waals surface area contributed by atoms with Crippen LogP contribution in [-0.4, -0.2) is 44.4 Å². The van der Waals surface area contributed by atoms with E-state index < -0.39 is 0 Å². The Hall–Kier alpha value is -1.82. The summed E-state index contributed by atoms with van der Waals surface area (Å²) in [5, 5.41) is 8.99. The first-order valence-corrected chi connectivity index (χ1v) is 9.58. The van der Waals surface area contributed by atoms with Gasteiger partial charge in [0, 0.05) is 13.1 Å². The number of amides is 1. The summed E-state index contributed by atoms with van der Waals surface area (Å²) in [5.41, 5.74) is 2.32. The highest BCUT2D eigenvalue weighted by Gasteiger charge is 2.15. The van der Waals surface area contributed by atoms with Crippen LogP contribution >= 0.6 is 11.8 Å². The average Bonchev–Trinajstić information content (AvgIpc) is 3.08. The molecule has 6 heteroatoms. The Balaban J connectivity index is 2.07. The lowest BCUT2D eigenvalue weighted by Gasteiger charge is -2.20. The van der Waals surface area contributed by atoms with Crippen LogP contribution in [0.5, 0.6) is 0 Å². The third-order valence-corrected chi connectivity index (χ3v) is 4.92. The van der Waals surface area contributed by atoms with Gasteiger partial charge in [0.2, 0.25) is 5.91 Å². The Morgan fingerprint density at radius 3 is 2.75 bits per heavy atom. The summed E-state index contributed by atoms with van der Waals surface area (Å²) in [6.07, 6.45) is 4.80. The van der Waals surface area contributed by atoms with Crippen molar-refractivity contribution in [1.82, 2.24) is 19.7 Å². The molecule has 0 atom stereocenters. The van der Waals surface area contributed by atoms with E-state index in [2.05, 4.69) is 36.2 Å². The number of aryl methyl sites for hydroxylation is 1. The molecule has 1 heterocycles. The molecule has 0 aliphatic carbocycles. The van der Waals surface area contributed by atoms with E-state index in [1.54, 1.807) is 6.33 Å². The first-order valence-electron chi connectivity index (χ1n) is 8.60. The third-order valence-electron chi connectivity index (χ3n) is 3.99. The van der Waals surface area contributed by atoms with E-state index in [0.29, 0.717) is 5.75 Å². The molecule has 0 aliphatic rings. The number of para-hydroxylation sites is 1. The number of carbonyl (C=O) groups is 1. The Morgan fingerprint density at radius 1 is 1.25 bits per heavy atom. The first kappa shape index (κ1) is 18.5. The maximum Gasteiger partial charge on any atom is 0.233 e. The topological polar surface area (TPSA) is 51.0 Å². The van der Waals surface area contributed by atoms with Crippen LogP contribution in [0.25, 0.3) is 5.69 Å². The fraction of sp³-hybridized carbons (Fsp3) is 0.500. The Morgan fingerprint density at radius 2 is 2.04 bits per heavy atom. The summed E-state index contributed by atoms with van der Waals surface area (Å²) in [5.74, 6) is 0.555. The molecule has 1 amide bonds. The lowest BCUT2D eigenvalue weighted by Crippen LogP contribution is -2.33. The molecule has 130 valence electrons. The van der Waals surface area contributed by atoms with Gasteiger partial charge in [-0.3, -0.25) is 9.36 Å². The molecule has 0 radical (unpaired) electrons. The van der Waals surface area contributed by atoms with Gasteiger partial charge in [0.15, 0.2) is 5.16 Å². The highest BCUT2D eigenvalue weighted by Crippen LogP contribution is 2.22. The smallest absolute Gasteiger partial charge is 0.233 e. The van der Waals surface area contributed by atoms with Crippen LogP contribution in [0.2, 0.25) is 0 Å². The van der Waals surface area contributed by atoms with Crippen LogP contribution in [-0.2, 0) is 11.2 Å². The minimum Gasteiger partial charge on any atom is -0.342 e. The summed E-state index contributed by atoms with van der Waals surface area (Å²) >= 11 is 1.45. The van der Waals surface area contributed by atoms with E-state index in [1.165, 1.54) is 17.3 Å². The zero-order chi connectivity index (χ0) is 17.4. The standard InChI is InChI=1S/C18H26N4OS/c1-4-7-12-21(6-3)17(23)13-24-18-20-19-14-22(18)16-11-9-8-10-15(16)5-2/h8-11,14H,4-7,12-13H2,1-3H3. The van der Waals surface area contributed by atoms with E-state index in [9.17, 15) is 4.79 Å². The van der Waals surface area contributed by atoms with Gasteiger partial charge >= 0.3 is 0 Å². The second kappa shape index (κ2) is 9.47. The number of benzene rings is 1. The van der Waals surface area contributed by atoms with Gasteiger partial charge in [-0.25, -0.2) is 0 Å². The molecular formula is C18H26N4OS. The van der Waals surface area contributed by atoms with Crippen molar-refractivity contribution in [2.75, 3.05) is 18.8 Å². The number of rotatable bonds is 9. The Labute approximate surface area is 148 Å². The molecule has 0 fully saturated rings. The molecule has 5 nitrogen and oxygen atoms in total. The largest absolute Gasteiger partial charge is 0.342 e. The zero-order valence-corrected chi connectivity index (χ0v) is 15.6. The van der Waals surface area contributed by atoms with E-state index in [0.717, 1.165) is 43.2 Å². The van der Waals surface area contributed by atoms with E-state index >= 15 is 0 Å². The van der Waals surface area contributed by atoms with Crippen LogP contribution in [0.4, 0.5) is 0 Å². The van der Waals surface area contributed by atoms with Crippen molar-refractivity contribution in [2.24, 2.45) is 0 Å². The molecule has 1 aromatic heterocycles. The van der Waals surface area contributed by atoms with E-state index in [4.69, 9.17) is 0 Å². The minimum atomic E-state index is 0.161. The molecule has 0 aliphatic heterocycles. The summed E-state index contributed by atoms with van der Waals surface area (Å²) in [4.78, 5) is 14.3. The fourth-order valence-electron chi connectivity index (χ4n) is 2.56. The summed E-state index contributed by atoms with van der Waals surface area (Å²) in [6.45, 7) is 7.88. The summed E-state index contributed by atoms with van der Waals surface area (Å²) in [6, 6.07) is 8.22. The molecule has 0 unspecified atom stereocenters. The molecule has 24 heavy (non-hydrogen) atoms. The van der Waals surface area contributed by atoms with Gasteiger partial charge in [-0.05, 0) is 31.4 Å². The third kappa shape index (κ3) is 4.60. The van der Waals surface area contributed by atoms with Gasteiger partial charge in [0.05, 0.1) is 11.4 Å². The Bertz CT molecular complexity index is 656. The van der Waals surface area contributed by atoms with Crippen molar-refractivity contribution in [3.63, 3.8) is 0 Å². The summed E-state index contributed by atoms with van der Waals surface area (Å²) < 4.78 is 1.97. The van der Waals surface area contributed by atoms with Crippen molar-refractivity contribution in [3.8, 4) is 5.69 Å². The highest BCUT2D eigenvalue weighted by atomic mass is 32.2. The van der Waals surface area contributed by atoms with Gasteiger partial charge in [-0.15, -0.1) is 10.2 Å². The average molecular weight is 347 g/mol. The normalized spacial score (nSPS) is 10.8. The van der Waals surface area contributed by atoms with Gasteiger partial charge in [0.25, 0.3) is 0 Å². The van der Waals surface area contributed by atoms with E-state index in [1.807, 2.05) is 28.5 Å². The fourth-order valence-corrected chi connectivity index (χ4v) is 3.38. The molecular weight excluding hydrogens is 320 g/mol. The maximum absolute atomic E-state index is 12.4. The van der Waals surface area contributed by atoms with Crippen molar-refractivity contribution in [3.05, 3.63) is 36.2 Å². The van der Waals surface area contributed by atoms with Crippen LogP contribution < -0.4 is 0 Å². The number of thioether (sulfide) groups is 1. The molecule has 0 N–H and O–H groups in total. The summed E-state index contributed by atoms with van der Waals surface area (Å²) in [7, 11) is 0. The highest BCUT2D eigenvalue weighted by molar-refractivity contribution is 7.99. The molecule has 2 aromatic rings. The number of carbonyl (C=O) groups excluding carboxylic acids is 1. The van der Waals surface area contributed by atoms with Gasteiger partial charge in [-0.1, -0.05) is 50.2 Å². The monoisotopic (exact) mass is 346 g/mol. The molecule has 1 aromatic carbocycles. The molecule has 2 rings (SSSR count). The van der Waals surface area contributed by atoms with Crippen molar-refractivity contribution in [2.45, 2.75) is 45.2 Å². The molecule has 0 saturated carbocycles. The van der Waals surface area contributed by atoms with Gasteiger partial charge < -0.3 is 4.90 Å². The number of nitrogens with zero attached hydrogens (tertiary/aromatic N) is 4. The molecule has 0 spiro atoms. The Kier molecular flexibility index (Phi) is 7.31. The van der Waals surface area contributed by atoms with Crippen LogP contribution in [0.1, 0.15) is 39.2 Å². The number of hydrogen-bond acceptors (Lipinski definition) is 4. The van der Waals surface area contributed by atoms with Gasteiger partial charge in [0.1, 0.15) is 6.33 Å². The van der Waals surface area contributed by atoms with Crippen LogP contribution in [0.3, 0.4) is 0 Å². The second-order valence-electron chi connectivity index (χ2n) is 5.58. The van der Waals surface area contributed by atoms with E-state index in [-0.39, 0.29) is 5.91 Å². The predicted octanol–water partition coefficient (Wildman–Crippen LogP) is 3.57. The van der Waals surface area contributed by atoms with Crippen LogP contribution in [0.15, 0.2) is 35.7 Å². The predicted molar refractivity (Wildman–Crippen MR) is 98.6 cm³/mol. The lowest BCUT2D eigenvalue weighted by atomic mass is 10.1. The van der Waals surface area contributed by atoms with Crippen LogP contribution in [0, 0.1) is 0 Å². The SMILES string of the molecule is CCCCN(CC)C(=O)CSc1nncn1-c1ccccc1CC. The van der Waals surface area contributed by atoms with Crippen molar-refractivity contribution < 1.29 is 4.79 Å². The zero-order valence-electron chi connectivity index (χ0n) is 14.7. The minimum absolute atomic E-state index is 0.161. The number of hydrogen-bond donors (Lipinski definition) is 0. The number of aromatic nitrogens is 3. The first-order chi connectivity index (χ1) is 11.7. The lowest BCUT2D eigenvalue weighted by molar-refractivity contribution is -0.128. The molecule has 0 saturated heterocycles.